The van der Waals surface area contributed by atoms with E-state index in [4.69, 9.17) is 4.52 Å². The zero-order chi connectivity index (χ0) is 9.14. The largest absolute Gasteiger partial charge is 0.361 e. The molecule has 0 fully saturated rings. The van der Waals surface area contributed by atoms with Crippen LogP contribution in [-0.2, 0) is 6.54 Å². The minimum Gasteiger partial charge on any atom is -0.361 e. The van der Waals surface area contributed by atoms with Crippen LogP contribution in [0, 0.1) is 13.8 Å². The fourth-order valence-electron chi connectivity index (χ4n) is 1.06. The van der Waals surface area contributed by atoms with Crippen LogP contribution in [0.1, 0.15) is 30.9 Å². The van der Waals surface area contributed by atoms with Gasteiger partial charge in [-0.2, -0.15) is 0 Å². The Kier molecular flexibility index (Phi) is 2.87. The Morgan fingerprint density at radius 3 is 2.50 bits per heavy atom. The third-order valence-corrected chi connectivity index (χ3v) is 1.87. The van der Waals surface area contributed by atoms with Crippen molar-refractivity contribution >= 4 is 0 Å². The first kappa shape index (κ1) is 9.26. The first-order valence-corrected chi connectivity index (χ1v) is 4.26. The highest BCUT2D eigenvalue weighted by molar-refractivity contribution is 5.20. The van der Waals surface area contributed by atoms with E-state index < -0.39 is 0 Å². The monoisotopic (exact) mass is 168 g/mol. The third kappa shape index (κ3) is 2.08. The van der Waals surface area contributed by atoms with Crippen molar-refractivity contribution in [3.63, 3.8) is 0 Å². The Bertz CT molecular complexity index is 234. The SMILES string of the molecule is Cc1noc(C)c1CNC(C)C. The molecular weight excluding hydrogens is 152 g/mol. The summed E-state index contributed by atoms with van der Waals surface area (Å²) < 4.78 is 5.04. The van der Waals surface area contributed by atoms with Crippen molar-refractivity contribution in [1.29, 1.82) is 0 Å². The van der Waals surface area contributed by atoms with E-state index in [9.17, 15) is 0 Å². The minimum absolute atomic E-state index is 0.499. The Hall–Kier alpha value is -0.830. The molecule has 3 nitrogen and oxygen atoms in total. The average Bonchev–Trinajstić information content (AvgIpc) is 2.28. The predicted molar refractivity (Wildman–Crippen MR) is 48.0 cm³/mol. The fraction of sp³-hybridized carbons (Fsp3) is 0.667. The molecule has 1 rings (SSSR count). The number of rotatable bonds is 3. The highest BCUT2D eigenvalue weighted by Gasteiger charge is 2.07. The van der Waals surface area contributed by atoms with Gasteiger partial charge in [-0.15, -0.1) is 0 Å². The summed E-state index contributed by atoms with van der Waals surface area (Å²) in [5.41, 5.74) is 2.17. The highest BCUT2D eigenvalue weighted by atomic mass is 16.5. The number of aryl methyl sites for hydroxylation is 2. The van der Waals surface area contributed by atoms with Crippen molar-refractivity contribution in [3.8, 4) is 0 Å². The van der Waals surface area contributed by atoms with E-state index in [1.807, 2.05) is 13.8 Å². The van der Waals surface area contributed by atoms with Crippen molar-refractivity contribution in [3.05, 3.63) is 17.0 Å². The van der Waals surface area contributed by atoms with Crippen LogP contribution in [0.15, 0.2) is 4.52 Å². The van der Waals surface area contributed by atoms with Crippen LogP contribution in [-0.4, -0.2) is 11.2 Å². The molecule has 0 atom stereocenters. The van der Waals surface area contributed by atoms with Crippen LogP contribution in [0.5, 0.6) is 0 Å². The molecule has 0 aromatic carbocycles. The first-order valence-electron chi connectivity index (χ1n) is 4.26. The van der Waals surface area contributed by atoms with Crippen molar-refractivity contribution in [2.24, 2.45) is 0 Å². The van der Waals surface area contributed by atoms with Crippen LogP contribution in [0.25, 0.3) is 0 Å². The van der Waals surface area contributed by atoms with Gasteiger partial charge in [0.05, 0.1) is 5.69 Å². The molecule has 0 saturated heterocycles. The van der Waals surface area contributed by atoms with Gasteiger partial charge in [0.15, 0.2) is 0 Å². The molecule has 1 aromatic rings. The van der Waals surface area contributed by atoms with Gasteiger partial charge in [-0.3, -0.25) is 0 Å². The van der Waals surface area contributed by atoms with E-state index in [2.05, 4.69) is 24.3 Å². The van der Waals surface area contributed by atoms with E-state index in [1.54, 1.807) is 0 Å². The summed E-state index contributed by atoms with van der Waals surface area (Å²) in [4.78, 5) is 0. The zero-order valence-corrected chi connectivity index (χ0v) is 8.14. The molecule has 0 saturated carbocycles. The predicted octanol–water partition coefficient (Wildman–Crippen LogP) is 1.79. The number of nitrogens with zero attached hydrogens (tertiary/aromatic N) is 1. The molecule has 0 radical (unpaired) electrons. The summed E-state index contributed by atoms with van der Waals surface area (Å²) in [5.74, 6) is 0.917. The lowest BCUT2D eigenvalue weighted by atomic mass is 10.2. The van der Waals surface area contributed by atoms with Crippen LogP contribution in [0.2, 0.25) is 0 Å². The van der Waals surface area contributed by atoms with Crippen LogP contribution in [0.4, 0.5) is 0 Å². The molecule has 1 aromatic heterocycles. The first-order chi connectivity index (χ1) is 5.61. The Balaban J connectivity index is 2.62. The van der Waals surface area contributed by atoms with Crippen LogP contribution < -0.4 is 5.32 Å². The lowest BCUT2D eigenvalue weighted by molar-refractivity contribution is 0.391. The lowest BCUT2D eigenvalue weighted by Gasteiger charge is -2.06. The van der Waals surface area contributed by atoms with Crippen LogP contribution >= 0.6 is 0 Å². The summed E-state index contributed by atoms with van der Waals surface area (Å²) in [6.45, 7) is 9.00. The maximum atomic E-state index is 5.04. The van der Waals surface area contributed by atoms with E-state index in [0.29, 0.717) is 6.04 Å². The van der Waals surface area contributed by atoms with Crippen molar-refractivity contribution in [2.75, 3.05) is 0 Å². The van der Waals surface area contributed by atoms with Gasteiger partial charge in [0.2, 0.25) is 0 Å². The van der Waals surface area contributed by atoms with Crippen molar-refractivity contribution in [2.45, 2.75) is 40.3 Å². The average molecular weight is 168 g/mol. The summed E-state index contributed by atoms with van der Waals surface area (Å²) in [5, 5.41) is 7.21. The van der Waals surface area contributed by atoms with E-state index in [0.717, 1.165) is 18.0 Å². The van der Waals surface area contributed by atoms with E-state index >= 15 is 0 Å². The van der Waals surface area contributed by atoms with Gasteiger partial charge in [0, 0.05) is 18.2 Å². The van der Waals surface area contributed by atoms with Crippen LogP contribution in [0.3, 0.4) is 0 Å². The molecule has 0 bridgehead atoms. The van der Waals surface area contributed by atoms with E-state index in [1.165, 1.54) is 5.56 Å². The Morgan fingerprint density at radius 1 is 1.42 bits per heavy atom. The molecule has 0 aliphatic carbocycles. The Labute approximate surface area is 73.1 Å². The van der Waals surface area contributed by atoms with Gasteiger partial charge in [0.25, 0.3) is 0 Å². The fourth-order valence-corrected chi connectivity index (χ4v) is 1.06. The highest BCUT2D eigenvalue weighted by Crippen LogP contribution is 2.11. The molecule has 68 valence electrons. The lowest BCUT2D eigenvalue weighted by Crippen LogP contribution is -2.22. The van der Waals surface area contributed by atoms with Gasteiger partial charge in [-0.05, 0) is 13.8 Å². The minimum atomic E-state index is 0.499. The third-order valence-electron chi connectivity index (χ3n) is 1.87. The molecule has 12 heavy (non-hydrogen) atoms. The second kappa shape index (κ2) is 3.72. The molecular formula is C9H16N2O. The smallest absolute Gasteiger partial charge is 0.138 e. The number of hydrogen-bond acceptors (Lipinski definition) is 3. The molecule has 1 heterocycles. The van der Waals surface area contributed by atoms with Gasteiger partial charge < -0.3 is 9.84 Å². The summed E-state index contributed by atoms with van der Waals surface area (Å²) in [6.07, 6.45) is 0. The van der Waals surface area contributed by atoms with Crippen molar-refractivity contribution < 1.29 is 4.52 Å². The summed E-state index contributed by atoms with van der Waals surface area (Å²) in [7, 11) is 0. The molecule has 0 unspecified atom stereocenters. The molecule has 0 amide bonds. The second-order valence-electron chi connectivity index (χ2n) is 3.34. The molecule has 3 heteroatoms. The number of nitrogens with one attached hydrogen (secondary N) is 1. The topological polar surface area (TPSA) is 38.1 Å². The molecule has 0 spiro atoms. The van der Waals surface area contributed by atoms with Gasteiger partial charge in [0.1, 0.15) is 5.76 Å². The maximum Gasteiger partial charge on any atom is 0.138 e. The summed E-state index contributed by atoms with van der Waals surface area (Å²) in [6, 6.07) is 0.499. The van der Waals surface area contributed by atoms with Crippen molar-refractivity contribution in [1.82, 2.24) is 10.5 Å². The molecule has 0 aliphatic heterocycles. The Morgan fingerprint density at radius 2 is 2.08 bits per heavy atom. The number of aromatic nitrogens is 1. The second-order valence-corrected chi connectivity index (χ2v) is 3.34. The maximum absolute atomic E-state index is 5.04. The van der Waals surface area contributed by atoms with Gasteiger partial charge >= 0.3 is 0 Å². The molecule has 0 aliphatic rings. The standard InChI is InChI=1S/C9H16N2O/c1-6(2)10-5-9-7(3)11-12-8(9)4/h6,10H,5H2,1-4H3. The quantitative estimate of drug-likeness (QED) is 0.747. The normalized spacial score (nSPS) is 11.1. The zero-order valence-electron chi connectivity index (χ0n) is 8.14. The molecule has 1 N–H and O–H groups in total. The van der Waals surface area contributed by atoms with Gasteiger partial charge in [-0.1, -0.05) is 19.0 Å². The van der Waals surface area contributed by atoms with Gasteiger partial charge in [-0.25, -0.2) is 0 Å². The summed E-state index contributed by atoms with van der Waals surface area (Å²) >= 11 is 0. The number of hydrogen-bond donors (Lipinski definition) is 1. The van der Waals surface area contributed by atoms with E-state index in [-0.39, 0.29) is 0 Å².